The summed E-state index contributed by atoms with van der Waals surface area (Å²) in [5, 5.41) is 8.27. The van der Waals surface area contributed by atoms with Crippen molar-refractivity contribution in [2.75, 3.05) is 5.32 Å². The van der Waals surface area contributed by atoms with Crippen molar-refractivity contribution < 1.29 is 4.79 Å². The van der Waals surface area contributed by atoms with Crippen LogP contribution in [0.2, 0.25) is 5.02 Å². The number of benzene rings is 4. The van der Waals surface area contributed by atoms with Crippen LogP contribution in [-0.2, 0) is 0 Å². The molecule has 0 aliphatic rings. The third kappa shape index (κ3) is 5.06. The number of carbonyl (C=O) groups is 1. The minimum absolute atomic E-state index is 0.322. The Hall–Kier alpha value is -3.80. The topological polar surface area (TPSA) is 46.9 Å². The highest BCUT2D eigenvalue weighted by Crippen LogP contribution is 2.32. The Labute approximate surface area is 207 Å². The number of hydrogen-bond acceptors (Lipinski definition) is 3. The number of nitrogens with one attached hydrogen (secondary N) is 1. The number of nitrogens with zero attached hydrogens (tertiary/aromatic N) is 2. The highest BCUT2D eigenvalue weighted by Gasteiger charge is 2.16. The Balaban J connectivity index is 1.36. The molecule has 1 N–H and O–H groups in total. The van der Waals surface area contributed by atoms with Gasteiger partial charge in [0.05, 0.1) is 0 Å². The standard InChI is InChI=1S/C28H20ClN3OS/c29-22-11-15-24(16-12-22)34-25-17-13-23(14-18-25)30-28(33)32-19-26(20-7-3-1-4-8-20)27(31-32)21-9-5-2-6-10-21/h1-19H,(H,30,33). The van der Waals surface area contributed by atoms with Crippen molar-refractivity contribution in [3.63, 3.8) is 0 Å². The van der Waals surface area contributed by atoms with Crippen molar-refractivity contribution >= 4 is 35.1 Å². The molecular formula is C28H20ClN3OS. The predicted molar refractivity (Wildman–Crippen MR) is 140 cm³/mol. The Morgan fingerprint density at radius 2 is 1.29 bits per heavy atom. The molecule has 1 heterocycles. The van der Waals surface area contributed by atoms with Gasteiger partial charge in [-0.1, -0.05) is 84.0 Å². The lowest BCUT2D eigenvalue weighted by atomic mass is 10.0. The van der Waals surface area contributed by atoms with Gasteiger partial charge in [-0.25, -0.2) is 4.79 Å². The first-order valence-corrected chi connectivity index (χ1v) is 11.9. The summed E-state index contributed by atoms with van der Waals surface area (Å²) in [6, 6.07) is 34.9. The lowest BCUT2D eigenvalue weighted by Crippen LogP contribution is -2.19. The van der Waals surface area contributed by atoms with Gasteiger partial charge >= 0.3 is 6.03 Å². The number of hydrogen-bond donors (Lipinski definition) is 1. The fourth-order valence-corrected chi connectivity index (χ4v) is 4.48. The lowest BCUT2D eigenvalue weighted by molar-refractivity contribution is 0.251. The zero-order chi connectivity index (χ0) is 23.3. The van der Waals surface area contributed by atoms with E-state index >= 15 is 0 Å². The van der Waals surface area contributed by atoms with Gasteiger partial charge in [0, 0.05) is 37.8 Å². The van der Waals surface area contributed by atoms with Gasteiger partial charge in [-0.3, -0.25) is 0 Å². The van der Waals surface area contributed by atoms with Crippen molar-refractivity contribution in [3.05, 3.63) is 120 Å². The van der Waals surface area contributed by atoms with Crippen LogP contribution < -0.4 is 5.32 Å². The van der Waals surface area contributed by atoms with Crippen LogP contribution in [0.5, 0.6) is 0 Å². The Bertz CT molecular complexity index is 1340. The maximum atomic E-state index is 13.0. The molecule has 0 aliphatic carbocycles. The summed E-state index contributed by atoms with van der Waals surface area (Å²) < 4.78 is 1.36. The Kier molecular flexibility index (Phi) is 6.47. The van der Waals surface area contributed by atoms with Crippen LogP contribution >= 0.6 is 23.4 Å². The number of amides is 1. The van der Waals surface area contributed by atoms with Gasteiger partial charge in [0.2, 0.25) is 0 Å². The molecule has 0 fully saturated rings. The van der Waals surface area contributed by atoms with Crippen molar-refractivity contribution in [1.82, 2.24) is 9.78 Å². The van der Waals surface area contributed by atoms with Gasteiger partial charge in [-0.05, 0) is 54.1 Å². The summed E-state index contributed by atoms with van der Waals surface area (Å²) in [4.78, 5) is 15.2. The first-order valence-electron chi connectivity index (χ1n) is 10.7. The van der Waals surface area contributed by atoms with Crippen molar-refractivity contribution in [3.8, 4) is 22.4 Å². The van der Waals surface area contributed by atoms with E-state index in [9.17, 15) is 4.79 Å². The van der Waals surface area contributed by atoms with Gasteiger partial charge < -0.3 is 5.32 Å². The number of aromatic nitrogens is 2. The monoisotopic (exact) mass is 481 g/mol. The number of anilines is 1. The molecule has 4 aromatic carbocycles. The molecule has 0 saturated carbocycles. The quantitative estimate of drug-likeness (QED) is 0.276. The second-order valence-corrected chi connectivity index (χ2v) is 9.16. The molecule has 5 rings (SSSR count). The largest absolute Gasteiger partial charge is 0.346 e. The summed E-state index contributed by atoms with van der Waals surface area (Å²) in [5.41, 5.74) is 4.32. The first-order chi connectivity index (χ1) is 16.7. The van der Waals surface area contributed by atoms with E-state index in [2.05, 4.69) is 10.4 Å². The molecule has 0 spiro atoms. The molecular weight excluding hydrogens is 462 g/mol. The normalized spacial score (nSPS) is 10.7. The summed E-state index contributed by atoms with van der Waals surface area (Å²) in [7, 11) is 0. The van der Waals surface area contributed by atoms with Gasteiger partial charge in [-0.2, -0.15) is 9.78 Å². The molecule has 0 atom stereocenters. The number of carbonyl (C=O) groups excluding carboxylic acids is 1. The molecule has 166 valence electrons. The van der Waals surface area contributed by atoms with Crippen LogP contribution in [0.15, 0.2) is 125 Å². The number of rotatable bonds is 5. The molecule has 5 aromatic rings. The summed E-state index contributed by atoms with van der Waals surface area (Å²) in [6.07, 6.45) is 1.78. The van der Waals surface area contributed by atoms with E-state index in [1.807, 2.05) is 109 Å². The maximum Gasteiger partial charge on any atom is 0.346 e. The fourth-order valence-electron chi connectivity index (χ4n) is 3.54. The van der Waals surface area contributed by atoms with E-state index in [-0.39, 0.29) is 6.03 Å². The van der Waals surface area contributed by atoms with Crippen LogP contribution in [0, 0.1) is 0 Å². The molecule has 0 saturated heterocycles. The lowest BCUT2D eigenvalue weighted by Gasteiger charge is -2.06. The first kappa shape index (κ1) is 22.0. The smallest absolute Gasteiger partial charge is 0.306 e. The molecule has 4 nitrogen and oxygen atoms in total. The molecule has 0 radical (unpaired) electrons. The highest BCUT2D eigenvalue weighted by atomic mass is 35.5. The van der Waals surface area contributed by atoms with Crippen LogP contribution in [0.4, 0.5) is 10.5 Å². The zero-order valence-electron chi connectivity index (χ0n) is 18.1. The Morgan fingerprint density at radius 1 is 0.735 bits per heavy atom. The van der Waals surface area contributed by atoms with Gasteiger partial charge in [0.1, 0.15) is 5.69 Å². The summed E-state index contributed by atoms with van der Waals surface area (Å²) >= 11 is 7.59. The van der Waals surface area contributed by atoms with Crippen LogP contribution in [0.1, 0.15) is 0 Å². The number of halogens is 1. The van der Waals surface area contributed by atoms with E-state index in [0.29, 0.717) is 10.7 Å². The minimum Gasteiger partial charge on any atom is -0.306 e. The van der Waals surface area contributed by atoms with Gasteiger partial charge in [0.15, 0.2) is 0 Å². The zero-order valence-corrected chi connectivity index (χ0v) is 19.6. The van der Waals surface area contributed by atoms with E-state index in [1.54, 1.807) is 18.0 Å². The third-order valence-corrected chi connectivity index (χ3v) is 6.48. The maximum absolute atomic E-state index is 13.0. The third-order valence-electron chi connectivity index (χ3n) is 5.21. The molecule has 1 amide bonds. The summed E-state index contributed by atoms with van der Waals surface area (Å²) in [6.45, 7) is 0. The average molecular weight is 482 g/mol. The second kappa shape index (κ2) is 10.00. The minimum atomic E-state index is -0.322. The van der Waals surface area contributed by atoms with E-state index in [4.69, 9.17) is 11.6 Å². The molecule has 0 bridgehead atoms. The highest BCUT2D eigenvalue weighted by molar-refractivity contribution is 7.99. The van der Waals surface area contributed by atoms with E-state index in [0.717, 1.165) is 32.2 Å². The van der Waals surface area contributed by atoms with Crippen LogP contribution in [0.25, 0.3) is 22.4 Å². The van der Waals surface area contributed by atoms with Crippen molar-refractivity contribution in [1.29, 1.82) is 0 Å². The summed E-state index contributed by atoms with van der Waals surface area (Å²) in [5.74, 6) is 0. The van der Waals surface area contributed by atoms with Crippen molar-refractivity contribution in [2.24, 2.45) is 0 Å². The van der Waals surface area contributed by atoms with E-state index < -0.39 is 0 Å². The molecule has 1 aromatic heterocycles. The van der Waals surface area contributed by atoms with Crippen molar-refractivity contribution in [2.45, 2.75) is 9.79 Å². The SMILES string of the molecule is O=C(Nc1ccc(Sc2ccc(Cl)cc2)cc1)n1cc(-c2ccccc2)c(-c2ccccc2)n1. The molecule has 6 heteroatoms. The molecule has 0 aliphatic heterocycles. The molecule has 34 heavy (non-hydrogen) atoms. The van der Waals surface area contributed by atoms with Gasteiger partial charge in [0.25, 0.3) is 0 Å². The molecule has 0 unspecified atom stereocenters. The predicted octanol–water partition coefficient (Wildman–Crippen LogP) is 8.10. The van der Waals surface area contributed by atoms with Gasteiger partial charge in [-0.15, -0.1) is 0 Å². The van der Waals surface area contributed by atoms with E-state index in [1.165, 1.54) is 4.68 Å². The fraction of sp³-hybridized carbons (Fsp3) is 0. The van der Waals surface area contributed by atoms with Crippen LogP contribution in [-0.4, -0.2) is 15.8 Å². The average Bonchev–Trinajstić information content (AvgIpc) is 3.34. The van der Waals surface area contributed by atoms with Crippen LogP contribution in [0.3, 0.4) is 0 Å². The Morgan fingerprint density at radius 3 is 1.91 bits per heavy atom. The second-order valence-electron chi connectivity index (χ2n) is 7.58.